The number of fused-ring (bicyclic) bond motifs is 2. The first-order chi connectivity index (χ1) is 16.0. The summed E-state index contributed by atoms with van der Waals surface area (Å²) in [5.41, 5.74) is 2.00. The van der Waals surface area contributed by atoms with Crippen LogP contribution in [0.25, 0.3) is 0 Å². The van der Waals surface area contributed by atoms with E-state index in [2.05, 4.69) is 14.4 Å². The highest BCUT2D eigenvalue weighted by atomic mass is 32.2. The van der Waals surface area contributed by atoms with E-state index < -0.39 is 6.36 Å². The number of hydrogen-bond acceptors (Lipinski definition) is 6. The molecule has 2 unspecified atom stereocenters. The van der Waals surface area contributed by atoms with Gasteiger partial charge in [-0.15, -0.1) is 13.2 Å². The van der Waals surface area contributed by atoms with E-state index in [9.17, 15) is 13.2 Å². The number of hydrogen-bond donors (Lipinski definition) is 1. The predicted octanol–water partition coefficient (Wildman–Crippen LogP) is 6.28. The molecule has 2 aliphatic rings. The first-order valence-corrected chi connectivity index (χ1v) is 11.3. The van der Waals surface area contributed by atoms with Crippen LogP contribution in [-0.4, -0.2) is 31.7 Å². The number of rotatable bonds is 5. The molecule has 2 aliphatic heterocycles. The fourth-order valence-electron chi connectivity index (χ4n) is 4.06. The summed E-state index contributed by atoms with van der Waals surface area (Å²) in [6.45, 7) is 1.13. The maximum absolute atomic E-state index is 12.3. The number of anilines is 2. The van der Waals surface area contributed by atoms with E-state index in [4.69, 9.17) is 9.47 Å². The van der Waals surface area contributed by atoms with E-state index in [-0.39, 0.29) is 17.8 Å². The van der Waals surface area contributed by atoms with Crippen molar-refractivity contribution >= 4 is 23.3 Å². The molecule has 3 aromatic carbocycles. The molecule has 2 heterocycles. The van der Waals surface area contributed by atoms with E-state index in [1.165, 1.54) is 24.1 Å². The minimum atomic E-state index is -4.70. The lowest BCUT2D eigenvalue weighted by atomic mass is 10.0. The number of benzene rings is 3. The van der Waals surface area contributed by atoms with Crippen LogP contribution >= 0.6 is 11.9 Å². The van der Waals surface area contributed by atoms with Gasteiger partial charge in [0.2, 0.25) is 0 Å². The Labute approximate surface area is 193 Å². The minimum Gasteiger partial charge on any atom is -0.453 e. The van der Waals surface area contributed by atoms with Crippen LogP contribution < -0.4 is 19.1 Å². The van der Waals surface area contributed by atoms with Gasteiger partial charge in [0.05, 0.1) is 30.6 Å². The highest BCUT2D eigenvalue weighted by Crippen LogP contribution is 2.48. The molecule has 0 spiro atoms. The number of halogens is 3. The van der Waals surface area contributed by atoms with Gasteiger partial charge < -0.3 is 19.1 Å². The zero-order chi connectivity index (χ0) is 22.8. The topological polar surface area (TPSA) is 43.0 Å². The Morgan fingerprint density at radius 2 is 1.52 bits per heavy atom. The van der Waals surface area contributed by atoms with Crippen molar-refractivity contribution in [1.82, 2.24) is 4.72 Å². The van der Waals surface area contributed by atoms with Crippen LogP contribution in [0.5, 0.6) is 17.2 Å². The van der Waals surface area contributed by atoms with Crippen LogP contribution in [0, 0.1) is 0 Å². The summed E-state index contributed by atoms with van der Waals surface area (Å²) >= 11 is 1.36. The van der Waals surface area contributed by atoms with Gasteiger partial charge in [-0.2, -0.15) is 0 Å². The van der Waals surface area contributed by atoms with Gasteiger partial charge in [-0.3, -0.25) is 4.72 Å². The van der Waals surface area contributed by atoms with Crippen molar-refractivity contribution in [2.45, 2.75) is 29.8 Å². The number of nitrogens with one attached hydrogen (secondary N) is 1. The zero-order valence-electron chi connectivity index (χ0n) is 17.4. The smallest absolute Gasteiger partial charge is 0.453 e. The van der Waals surface area contributed by atoms with E-state index >= 15 is 0 Å². The van der Waals surface area contributed by atoms with Crippen molar-refractivity contribution in [1.29, 1.82) is 0 Å². The number of nitrogens with zero attached hydrogens (tertiary/aromatic N) is 1. The van der Waals surface area contributed by atoms with Gasteiger partial charge in [0, 0.05) is 10.9 Å². The van der Waals surface area contributed by atoms with Gasteiger partial charge in [0.25, 0.3) is 0 Å². The van der Waals surface area contributed by atoms with E-state index in [0.29, 0.717) is 13.2 Å². The van der Waals surface area contributed by atoms with Gasteiger partial charge in [-0.25, -0.2) is 0 Å². The summed E-state index contributed by atoms with van der Waals surface area (Å²) in [6, 6.07) is 21.8. The number of ether oxygens (including phenoxy) is 3. The second-order valence-corrected chi connectivity index (χ2v) is 8.68. The Hall–Kier alpha value is -2.88. The maximum Gasteiger partial charge on any atom is 0.573 e. The summed E-state index contributed by atoms with van der Waals surface area (Å²) in [6.07, 6.45) is -3.87. The second-order valence-electron chi connectivity index (χ2n) is 7.77. The fourth-order valence-corrected chi connectivity index (χ4v) is 4.80. The summed E-state index contributed by atoms with van der Waals surface area (Å²) < 4.78 is 56.4. The number of alkyl halides is 3. The van der Waals surface area contributed by atoms with Crippen molar-refractivity contribution in [2.24, 2.45) is 0 Å². The normalized spacial score (nSPS) is 19.9. The number of para-hydroxylation sites is 4. The first-order valence-electron chi connectivity index (χ1n) is 10.5. The molecule has 5 nitrogen and oxygen atoms in total. The molecule has 0 saturated carbocycles. The van der Waals surface area contributed by atoms with Gasteiger partial charge >= 0.3 is 6.36 Å². The quantitative estimate of drug-likeness (QED) is 0.439. The Kier molecular flexibility index (Phi) is 6.09. The van der Waals surface area contributed by atoms with Crippen LogP contribution in [0.4, 0.5) is 24.5 Å². The monoisotopic (exact) mass is 474 g/mol. The second kappa shape index (κ2) is 9.17. The molecular formula is C24H21F3N2O3S. The van der Waals surface area contributed by atoms with Crippen LogP contribution in [0.15, 0.2) is 77.7 Å². The third-order valence-electron chi connectivity index (χ3n) is 5.42. The minimum absolute atomic E-state index is 0.0574. The average Bonchev–Trinajstić information content (AvgIpc) is 2.81. The van der Waals surface area contributed by atoms with Crippen molar-refractivity contribution in [3.63, 3.8) is 0 Å². The Bertz CT molecular complexity index is 1070. The molecule has 1 saturated heterocycles. The van der Waals surface area contributed by atoms with Gasteiger partial charge in [-0.05, 0) is 66.9 Å². The van der Waals surface area contributed by atoms with E-state index in [1.54, 1.807) is 12.1 Å². The lowest BCUT2D eigenvalue weighted by molar-refractivity contribution is -0.274. The molecule has 2 atom stereocenters. The van der Waals surface area contributed by atoms with Crippen molar-refractivity contribution in [2.75, 3.05) is 18.1 Å². The Morgan fingerprint density at radius 1 is 0.879 bits per heavy atom. The molecule has 3 aromatic rings. The SMILES string of the molecule is FC(F)(F)Oc1ccc(SNC2COCC(N3c4ccccc4Oc4ccccc43)C2)cc1. The Morgan fingerprint density at radius 3 is 2.15 bits per heavy atom. The fraction of sp³-hybridized carbons (Fsp3) is 0.250. The molecular weight excluding hydrogens is 453 g/mol. The van der Waals surface area contributed by atoms with E-state index in [0.717, 1.165) is 34.2 Å². The molecule has 0 radical (unpaired) electrons. The molecule has 0 aromatic heterocycles. The molecule has 5 rings (SSSR count). The van der Waals surface area contributed by atoms with Crippen molar-refractivity contribution in [3.8, 4) is 17.2 Å². The van der Waals surface area contributed by atoms with Crippen LogP contribution in [0.2, 0.25) is 0 Å². The third kappa shape index (κ3) is 5.05. The molecule has 172 valence electrons. The van der Waals surface area contributed by atoms with Crippen molar-refractivity contribution in [3.05, 3.63) is 72.8 Å². The van der Waals surface area contributed by atoms with Gasteiger partial charge in [-0.1, -0.05) is 24.3 Å². The van der Waals surface area contributed by atoms with Crippen LogP contribution in [0.1, 0.15) is 6.42 Å². The molecule has 0 amide bonds. The third-order valence-corrected chi connectivity index (χ3v) is 6.38. The molecule has 33 heavy (non-hydrogen) atoms. The summed E-state index contributed by atoms with van der Waals surface area (Å²) in [4.78, 5) is 3.06. The van der Waals surface area contributed by atoms with Gasteiger partial charge in [0.1, 0.15) is 5.75 Å². The Balaban J connectivity index is 1.27. The summed E-state index contributed by atoms with van der Waals surface area (Å²) in [5.74, 6) is 1.38. The lowest BCUT2D eigenvalue weighted by Gasteiger charge is -2.41. The van der Waals surface area contributed by atoms with Crippen LogP contribution in [0.3, 0.4) is 0 Å². The molecule has 1 N–H and O–H groups in total. The lowest BCUT2D eigenvalue weighted by Crippen LogP contribution is -2.47. The van der Waals surface area contributed by atoms with Crippen molar-refractivity contribution < 1.29 is 27.4 Å². The molecule has 0 aliphatic carbocycles. The molecule has 9 heteroatoms. The standard InChI is InChI=1S/C24H21F3N2O3S/c25-24(26,27)32-18-9-11-19(12-10-18)33-28-16-13-17(15-30-14-16)29-20-5-1-3-7-22(20)31-23-8-4-2-6-21(23)29/h1-12,16-17,28H,13-15H2. The molecule has 0 bridgehead atoms. The molecule has 1 fully saturated rings. The summed E-state index contributed by atoms with van der Waals surface area (Å²) in [7, 11) is 0. The maximum atomic E-state index is 12.3. The van der Waals surface area contributed by atoms with Gasteiger partial charge in [0.15, 0.2) is 11.5 Å². The average molecular weight is 475 g/mol. The highest BCUT2D eigenvalue weighted by Gasteiger charge is 2.34. The van der Waals surface area contributed by atoms with E-state index in [1.807, 2.05) is 48.5 Å². The predicted molar refractivity (Wildman–Crippen MR) is 120 cm³/mol. The summed E-state index contributed by atoms with van der Waals surface area (Å²) in [5, 5.41) is 0. The zero-order valence-corrected chi connectivity index (χ0v) is 18.2. The van der Waals surface area contributed by atoms with Crippen LogP contribution in [-0.2, 0) is 4.74 Å². The highest BCUT2D eigenvalue weighted by molar-refractivity contribution is 7.97. The first kappa shape index (κ1) is 21.9. The largest absolute Gasteiger partial charge is 0.573 e.